The minimum atomic E-state index is -0.250. The maximum absolute atomic E-state index is 12.4. The van der Waals surface area contributed by atoms with Crippen LogP contribution in [0.2, 0.25) is 5.02 Å². The highest BCUT2D eigenvalue weighted by Gasteiger charge is 2.36. The van der Waals surface area contributed by atoms with Crippen molar-refractivity contribution in [2.75, 3.05) is 4.90 Å². The zero-order valence-corrected chi connectivity index (χ0v) is 12.7. The second-order valence-corrected chi connectivity index (χ2v) is 6.03. The zero-order chi connectivity index (χ0) is 15.1. The Labute approximate surface area is 128 Å². The zero-order valence-electron chi connectivity index (χ0n) is 12.0. The van der Waals surface area contributed by atoms with E-state index < -0.39 is 0 Å². The number of amides is 2. The van der Waals surface area contributed by atoms with Crippen molar-refractivity contribution >= 4 is 29.1 Å². The fourth-order valence-corrected chi connectivity index (χ4v) is 2.45. The van der Waals surface area contributed by atoms with Gasteiger partial charge in [-0.15, -0.1) is 0 Å². The van der Waals surface area contributed by atoms with E-state index in [9.17, 15) is 9.59 Å². The molecule has 1 saturated heterocycles. The molecule has 0 radical (unpaired) electrons. The Bertz CT molecular complexity index is 657. The molecule has 1 aromatic carbocycles. The molecule has 0 atom stereocenters. The Morgan fingerprint density at radius 3 is 2.57 bits per heavy atom. The molecule has 1 aliphatic carbocycles. The molecule has 110 valence electrons. The van der Waals surface area contributed by atoms with Crippen molar-refractivity contribution in [3.63, 3.8) is 0 Å². The topological polar surface area (TPSA) is 46.6 Å². The number of hydrogen-bond donors (Lipinski definition) is 0. The van der Waals surface area contributed by atoms with Gasteiger partial charge in [0.15, 0.2) is 0 Å². The summed E-state index contributed by atoms with van der Waals surface area (Å²) in [7, 11) is 0. The van der Waals surface area contributed by atoms with Crippen LogP contribution in [0.25, 0.3) is 0 Å². The Hall–Kier alpha value is -1.81. The number of anilines is 1. The molecular formula is C16H16ClNO3. The van der Waals surface area contributed by atoms with Gasteiger partial charge in [-0.05, 0) is 38.8 Å². The molecule has 0 unspecified atom stereocenters. The van der Waals surface area contributed by atoms with Gasteiger partial charge in [0.2, 0.25) is 5.91 Å². The lowest BCUT2D eigenvalue weighted by Crippen LogP contribution is -2.29. The Morgan fingerprint density at radius 1 is 1.29 bits per heavy atom. The monoisotopic (exact) mass is 305 g/mol. The van der Waals surface area contributed by atoms with Gasteiger partial charge >= 0.3 is 0 Å². The van der Waals surface area contributed by atoms with Crippen molar-refractivity contribution in [1.82, 2.24) is 0 Å². The lowest BCUT2D eigenvalue weighted by atomic mass is 10.1. The average Bonchev–Trinajstić information content (AvgIpc) is 3.18. The smallest absolute Gasteiger partial charge is 0.261 e. The Kier molecular flexibility index (Phi) is 3.49. The molecule has 1 heterocycles. The van der Waals surface area contributed by atoms with Crippen LogP contribution in [0.4, 0.5) is 5.69 Å². The first kappa shape index (κ1) is 14.1. The molecule has 4 nitrogen and oxygen atoms in total. The lowest BCUT2D eigenvalue weighted by molar-refractivity contribution is -0.120. The molecule has 0 bridgehead atoms. The highest BCUT2D eigenvalue weighted by Crippen LogP contribution is 2.36. The second kappa shape index (κ2) is 5.19. The lowest BCUT2D eigenvalue weighted by Gasteiger charge is -2.16. The molecule has 5 heteroatoms. The first-order valence-electron chi connectivity index (χ1n) is 6.97. The van der Waals surface area contributed by atoms with Gasteiger partial charge in [0.1, 0.15) is 5.75 Å². The van der Waals surface area contributed by atoms with E-state index in [2.05, 4.69) is 0 Å². The number of carbonyl (C=O) groups excluding carboxylic acids is 2. The fraction of sp³-hybridized carbons (Fsp3) is 0.375. The van der Waals surface area contributed by atoms with Crippen LogP contribution >= 0.6 is 11.6 Å². The van der Waals surface area contributed by atoms with Gasteiger partial charge in [-0.2, -0.15) is 0 Å². The normalized spacial score (nSPS) is 18.4. The quantitative estimate of drug-likeness (QED) is 0.634. The summed E-state index contributed by atoms with van der Waals surface area (Å²) < 4.78 is 5.71. The first-order chi connectivity index (χ1) is 9.97. The largest absolute Gasteiger partial charge is 0.489 e. The molecule has 3 rings (SSSR count). The van der Waals surface area contributed by atoms with Crippen molar-refractivity contribution in [1.29, 1.82) is 0 Å². The number of rotatable bonds is 3. The van der Waals surface area contributed by atoms with E-state index in [-0.39, 0.29) is 24.3 Å². The van der Waals surface area contributed by atoms with E-state index >= 15 is 0 Å². The predicted octanol–water partition coefficient (Wildman–Crippen LogP) is 3.48. The number of allylic oxidation sites excluding steroid dienone is 1. The number of ether oxygens (including phenoxy) is 1. The molecule has 21 heavy (non-hydrogen) atoms. The Balaban J connectivity index is 1.94. The molecule has 1 aromatic rings. The van der Waals surface area contributed by atoms with Crippen LogP contribution < -0.4 is 9.64 Å². The van der Waals surface area contributed by atoms with E-state index in [0.717, 1.165) is 18.4 Å². The van der Waals surface area contributed by atoms with Crippen molar-refractivity contribution in [2.45, 2.75) is 39.2 Å². The second-order valence-electron chi connectivity index (χ2n) is 5.62. The maximum atomic E-state index is 12.4. The number of benzene rings is 1. The minimum Gasteiger partial charge on any atom is -0.489 e. The summed E-state index contributed by atoms with van der Waals surface area (Å²) in [6.07, 6.45) is 2.40. The van der Waals surface area contributed by atoms with E-state index in [4.69, 9.17) is 16.3 Å². The van der Waals surface area contributed by atoms with Crippen molar-refractivity contribution in [2.24, 2.45) is 0 Å². The summed E-state index contributed by atoms with van der Waals surface area (Å²) in [5, 5.41) is 0.493. The van der Waals surface area contributed by atoms with Gasteiger partial charge in [0.25, 0.3) is 5.91 Å². The maximum Gasteiger partial charge on any atom is 0.261 e. The van der Waals surface area contributed by atoms with Gasteiger partial charge in [-0.1, -0.05) is 17.2 Å². The van der Waals surface area contributed by atoms with Crippen LogP contribution in [0.5, 0.6) is 5.75 Å². The van der Waals surface area contributed by atoms with Crippen LogP contribution in [0, 0.1) is 0 Å². The summed E-state index contributed by atoms with van der Waals surface area (Å²) in [4.78, 5) is 25.7. The van der Waals surface area contributed by atoms with Crippen LogP contribution in [-0.2, 0) is 9.59 Å². The summed E-state index contributed by atoms with van der Waals surface area (Å²) in [5.41, 5.74) is 1.96. The summed E-state index contributed by atoms with van der Waals surface area (Å²) >= 11 is 6.10. The first-order valence-corrected chi connectivity index (χ1v) is 7.35. The third-order valence-corrected chi connectivity index (χ3v) is 3.95. The van der Waals surface area contributed by atoms with Crippen LogP contribution in [0.15, 0.2) is 29.3 Å². The SMILES string of the molecule is CC(C)=C1CC(=O)N(c2ccc(Cl)c(OC3CC3)c2)C1=O. The number of imide groups is 1. The van der Waals surface area contributed by atoms with Gasteiger partial charge in [-0.25, -0.2) is 4.90 Å². The van der Waals surface area contributed by atoms with Crippen molar-refractivity contribution < 1.29 is 14.3 Å². The van der Waals surface area contributed by atoms with Crippen molar-refractivity contribution in [3.05, 3.63) is 34.4 Å². The third-order valence-electron chi connectivity index (χ3n) is 3.63. The molecule has 2 aliphatic rings. The van der Waals surface area contributed by atoms with E-state index in [1.54, 1.807) is 18.2 Å². The van der Waals surface area contributed by atoms with Crippen LogP contribution in [-0.4, -0.2) is 17.9 Å². The van der Waals surface area contributed by atoms with E-state index in [0.29, 0.717) is 22.0 Å². The van der Waals surface area contributed by atoms with Crippen LogP contribution in [0.3, 0.4) is 0 Å². The molecule has 2 amide bonds. The number of halogens is 1. The third kappa shape index (κ3) is 2.68. The number of hydrogen-bond acceptors (Lipinski definition) is 3. The van der Waals surface area contributed by atoms with Gasteiger partial charge in [0, 0.05) is 11.6 Å². The summed E-state index contributed by atoms with van der Waals surface area (Å²) in [6, 6.07) is 5.01. The molecule has 0 spiro atoms. The molecule has 1 saturated carbocycles. The fourth-order valence-electron chi connectivity index (χ4n) is 2.29. The summed E-state index contributed by atoms with van der Waals surface area (Å²) in [6.45, 7) is 3.68. The molecule has 2 fully saturated rings. The highest BCUT2D eigenvalue weighted by molar-refractivity contribution is 6.32. The minimum absolute atomic E-state index is 0.155. The average molecular weight is 306 g/mol. The number of nitrogens with zero attached hydrogens (tertiary/aromatic N) is 1. The standard InChI is InChI=1S/C16H16ClNO3/c1-9(2)12-8-15(19)18(16(12)20)10-3-6-13(17)14(7-10)21-11-4-5-11/h3,6-7,11H,4-5,8H2,1-2H3. The Morgan fingerprint density at radius 2 is 2.00 bits per heavy atom. The predicted molar refractivity (Wildman–Crippen MR) is 80.6 cm³/mol. The van der Waals surface area contributed by atoms with E-state index in [1.807, 2.05) is 13.8 Å². The molecule has 1 aliphatic heterocycles. The number of carbonyl (C=O) groups is 2. The summed E-state index contributed by atoms with van der Waals surface area (Å²) in [5.74, 6) is 0.0681. The van der Waals surface area contributed by atoms with Crippen molar-refractivity contribution in [3.8, 4) is 5.75 Å². The molecular weight excluding hydrogens is 290 g/mol. The van der Waals surface area contributed by atoms with Gasteiger partial charge in [-0.3, -0.25) is 9.59 Å². The molecule has 0 aromatic heterocycles. The van der Waals surface area contributed by atoms with Gasteiger partial charge < -0.3 is 4.74 Å². The van der Waals surface area contributed by atoms with Gasteiger partial charge in [0.05, 0.1) is 23.2 Å². The molecule has 0 N–H and O–H groups in total. The highest BCUT2D eigenvalue weighted by atomic mass is 35.5. The van der Waals surface area contributed by atoms with Crippen LogP contribution in [0.1, 0.15) is 33.1 Å². The van der Waals surface area contributed by atoms with E-state index in [1.165, 1.54) is 4.90 Å².